The molecule has 0 aliphatic heterocycles. The van der Waals surface area contributed by atoms with E-state index in [1.54, 1.807) is 6.20 Å². The molecule has 0 bridgehead atoms. The van der Waals surface area contributed by atoms with Gasteiger partial charge in [0.25, 0.3) is 0 Å². The lowest BCUT2D eigenvalue weighted by molar-refractivity contribution is 0.328. The molecule has 0 spiro atoms. The van der Waals surface area contributed by atoms with Gasteiger partial charge in [-0.05, 0) is 30.5 Å². The lowest BCUT2D eigenvalue weighted by atomic mass is 9.87. The van der Waals surface area contributed by atoms with Gasteiger partial charge in [0.2, 0.25) is 0 Å². The first-order valence-corrected chi connectivity index (χ1v) is 6.79. The van der Waals surface area contributed by atoms with Crippen LogP contribution in [-0.4, -0.2) is 18.1 Å². The minimum absolute atomic E-state index is 0.0314. The standard InChI is InChI=1S/C16H22FN3/c1-10(16(2,3)4)20(5)15-12(17)9-13(18)11-7-6-8-19-14(11)15/h6-10H,18H2,1-5H3. The summed E-state index contributed by atoms with van der Waals surface area (Å²) < 4.78 is 14.4. The van der Waals surface area contributed by atoms with E-state index in [1.807, 2.05) is 24.1 Å². The molecular weight excluding hydrogens is 253 g/mol. The Morgan fingerprint density at radius 3 is 2.60 bits per heavy atom. The van der Waals surface area contributed by atoms with Crippen molar-refractivity contribution in [2.75, 3.05) is 17.7 Å². The normalized spacial score (nSPS) is 13.5. The second kappa shape index (κ2) is 4.93. The Labute approximate surface area is 119 Å². The molecule has 20 heavy (non-hydrogen) atoms. The van der Waals surface area contributed by atoms with Crippen LogP contribution in [0.3, 0.4) is 0 Å². The lowest BCUT2D eigenvalue weighted by Gasteiger charge is -2.37. The Morgan fingerprint density at radius 1 is 1.35 bits per heavy atom. The lowest BCUT2D eigenvalue weighted by Crippen LogP contribution is -2.40. The molecule has 0 aliphatic carbocycles. The first-order chi connectivity index (χ1) is 9.23. The average molecular weight is 275 g/mol. The molecule has 0 aliphatic rings. The predicted molar refractivity (Wildman–Crippen MR) is 83.4 cm³/mol. The quantitative estimate of drug-likeness (QED) is 0.847. The van der Waals surface area contributed by atoms with E-state index in [9.17, 15) is 4.39 Å². The molecule has 1 unspecified atom stereocenters. The summed E-state index contributed by atoms with van der Waals surface area (Å²) in [6.45, 7) is 8.50. The fraction of sp³-hybridized carbons (Fsp3) is 0.438. The highest BCUT2D eigenvalue weighted by Crippen LogP contribution is 2.35. The third kappa shape index (κ3) is 2.42. The highest BCUT2D eigenvalue weighted by Gasteiger charge is 2.27. The summed E-state index contributed by atoms with van der Waals surface area (Å²) in [6, 6.07) is 5.22. The van der Waals surface area contributed by atoms with Gasteiger partial charge in [-0.2, -0.15) is 0 Å². The van der Waals surface area contributed by atoms with Crippen LogP contribution in [0.15, 0.2) is 24.4 Å². The summed E-state index contributed by atoms with van der Waals surface area (Å²) >= 11 is 0. The fourth-order valence-corrected chi connectivity index (χ4v) is 2.33. The molecule has 4 heteroatoms. The number of rotatable bonds is 2. The van der Waals surface area contributed by atoms with Crippen LogP contribution in [0.4, 0.5) is 15.8 Å². The van der Waals surface area contributed by atoms with Crippen molar-refractivity contribution in [2.45, 2.75) is 33.7 Å². The fourth-order valence-electron chi connectivity index (χ4n) is 2.33. The van der Waals surface area contributed by atoms with Gasteiger partial charge >= 0.3 is 0 Å². The van der Waals surface area contributed by atoms with Crippen LogP contribution in [0.2, 0.25) is 0 Å². The number of fused-ring (bicyclic) bond motifs is 1. The molecule has 2 aromatic rings. The predicted octanol–water partition coefficient (Wildman–Crippen LogP) is 3.83. The molecule has 0 fully saturated rings. The number of hydrogen-bond donors (Lipinski definition) is 1. The maximum atomic E-state index is 14.4. The van der Waals surface area contributed by atoms with Crippen molar-refractivity contribution in [3.05, 3.63) is 30.2 Å². The molecule has 0 amide bonds. The van der Waals surface area contributed by atoms with Crippen molar-refractivity contribution in [1.29, 1.82) is 0 Å². The van der Waals surface area contributed by atoms with Gasteiger partial charge in [0.05, 0.1) is 11.2 Å². The van der Waals surface area contributed by atoms with Crippen LogP contribution in [0.25, 0.3) is 10.9 Å². The molecule has 0 saturated carbocycles. The van der Waals surface area contributed by atoms with Crippen LogP contribution in [0, 0.1) is 11.2 Å². The third-order valence-electron chi connectivity index (χ3n) is 4.04. The molecule has 2 rings (SSSR count). The highest BCUT2D eigenvalue weighted by molar-refractivity contribution is 5.98. The second-order valence-electron chi connectivity index (χ2n) is 6.35. The van der Waals surface area contributed by atoms with E-state index >= 15 is 0 Å². The third-order valence-corrected chi connectivity index (χ3v) is 4.04. The zero-order valence-corrected chi connectivity index (χ0v) is 12.7. The smallest absolute Gasteiger partial charge is 0.150 e. The van der Waals surface area contributed by atoms with Crippen LogP contribution >= 0.6 is 0 Å². The van der Waals surface area contributed by atoms with Crippen molar-refractivity contribution < 1.29 is 4.39 Å². The van der Waals surface area contributed by atoms with Crippen molar-refractivity contribution in [3.63, 3.8) is 0 Å². The van der Waals surface area contributed by atoms with E-state index in [2.05, 4.69) is 32.7 Å². The first kappa shape index (κ1) is 14.6. The van der Waals surface area contributed by atoms with E-state index in [1.165, 1.54) is 6.07 Å². The molecule has 1 heterocycles. The van der Waals surface area contributed by atoms with E-state index < -0.39 is 0 Å². The number of hydrogen-bond acceptors (Lipinski definition) is 3. The number of halogens is 1. The molecule has 0 radical (unpaired) electrons. The number of benzene rings is 1. The van der Waals surface area contributed by atoms with Gasteiger partial charge in [-0.3, -0.25) is 4.98 Å². The first-order valence-electron chi connectivity index (χ1n) is 6.79. The van der Waals surface area contributed by atoms with Crippen LogP contribution < -0.4 is 10.6 Å². The maximum Gasteiger partial charge on any atom is 0.150 e. The van der Waals surface area contributed by atoms with Crippen molar-refractivity contribution in [1.82, 2.24) is 4.98 Å². The Kier molecular flexibility index (Phi) is 3.59. The second-order valence-corrected chi connectivity index (χ2v) is 6.35. The zero-order chi connectivity index (χ0) is 15.1. The highest BCUT2D eigenvalue weighted by atomic mass is 19.1. The number of pyridine rings is 1. The Hall–Kier alpha value is -1.84. The van der Waals surface area contributed by atoms with E-state index in [0.29, 0.717) is 16.9 Å². The topological polar surface area (TPSA) is 42.1 Å². The monoisotopic (exact) mass is 275 g/mol. The minimum Gasteiger partial charge on any atom is -0.398 e. The maximum absolute atomic E-state index is 14.4. The van der Waals surface area contributed by atoms with Gasteiger partial charge in [0, 0.05) is 30.4 Å². The molecule has 3 nitrogen and oxygen atoms in total. The summed E-state index contributed by atoms with van der Waals surface area (Å²) in [5, 5.41) is 0.789. The van der Waals surface area contributed by atoms with Gasteiger partial charge in [0.1, 0.15) is 0 Å². The largest absolute Gasteiger partial charge is 0.398 e. The molecule has 1 aromatic carbocycles. The van der Waals surface area contributed by atoms with Gasteiger partial charge in [-0.25, -0.2) is 4.39 Å². The number of nitrogen functional groups attached to an aromatic ring is 1. The summed E-state index contributed by atoms with van der Waals surface area (Å²) in [5.74, 6) is -0.327. The Bertz CT molecular complexity index is 631. The zero-order valence-electron chi connectivity index (χ0n) is 12.7. The minimum atomic E-state index is -0.327. The SMILES string of the molecule is CC(N(C)c1c(F)cc(N)c2cccnc12)C(C)(C)C. The molecule has 0 saturated heterocycles. The number of aromatic nitrogens is 1. The van der Waals surface area contributed by atoms with E-state index in [-0.39, 0.29) is 17.3 Å². The molecule has 108 valence electrons. The molecule has 2 N–H and O–H groups in total. The van der Waals surface area contributed by atoms with Crippen molar-refractivity contribution >= 4 is 22.3 Å². The van der Waals surface area contributed by atoms with Crippen LogP contribution in [0.1, 0.15) is 27.7 Å². The summed E-state index contributed by atoms with van der Waals surface area (Å²) in [5.41, 5.74) is 7.47. The average Bonchev–Trinajstić information content (AvgIpc) is 2.36. The number of anilines is 2. The molecule has 1 aromatic heterocycles. The summed E-state index contributed by atoms with van der Waals surface area (Å²) in [4.78, 5) is 6.28. The van der Waals surface area contributed by atoms with Crippen molar-refractivity contribution in [3.8, 4) is 0 Å². The summed E-state index contributed by atoms with van der Waals surface area (Å²) in [6.07, 6.45) is 1.67. The van der Waals surface area contributed by atoms with Crippen molar-refractivity contribution in [2.24, 2.45) is 5.41 Å². The van der Waals surface area contributed by atoms with Gasteiger partial charge < -0.3 is 10.6 Å². The van der Waals surface area contributed by atoms with Crippen LogP contribution in [0.5, 0.6) is 0 Å². The number of nitrogens with zero attached hydrogens (tertiary/aromatic N) is 2. The van der Waals surface area contributed by atoms with Gasteiger partial charge in [-0.15, -0.1) is 0 Å². The van der Waals surface area contributed by atoms with Crippen LogP contribution in [-0.2, 0) is 0 Å². The van der Waals surface area contributed by atoms with Gasteiger partial charge in [0.15, 0.2) is 5.82 Å². The summed E-state index contributed by atoms with van der Waals surface area (Å²) in [7, 11) is 1.90. The van der Waals surface area contributed by atoms with E-state index in [0.717, 1.165) is 5.39 Å². The Morgan fingerprint density at radius 2 is 2.00 bits per heavy atom. The number of nitrogens with two attached hydrogens (primary N) is 1. The molecular formula is C16H22FN3. The van der Waals surface area contributed by atoms with Gasteiger partial charge in [-0.1, -0.05) is 20.8 Å². The molecule has 1 atom stereocenters. The Balaban J connectivity index is 2.65. The van der Waals surface area contributed by atoms with E-state index in [4.69, 9.17) is 5.73 Å².